The van der Waals surface area contributed by atoms with Crippen LogP contribution in [0.15, 0.2) is 71.1 Å². The molecule has 4 rings (SSSR count). The van der Waals surface area contributed by atoms with Crippen LogP contribution in [0, 0.1) is 0 Å². The SMILES string of the molecule is CCN(CC)CCCOc1ccc(Cc2c(-c3ccc(OC)cc3)oc3ccc(Cl)cc23)cc1. The summed E-state index contributed by atoms with van der Waals surface area (Å²) in [5.41, 5.74) is 4.15. The van der Waals surface area contributed by atoms with E-state index in [0.29, 0.717) is 5.02 Å². The number of furan rings is 1. The van der Waals surface area contributed by atoms with Gasteiger partial charge in [-0.25, -0.2) is 0 Å². The second-order valence-electron chi connectivity index (χ2n) is 8.33. The van der Waals surface area contributed by atoms with Gasteiger partial charge in [-0.3, -0.25) is 0 Å². The molecule has 0 radical (unpaired) electrons. The molecule has 0 aliphatic heterocycles. The minimum atomic E-state index is 0.698. The third-order valence-corrected chi connectivity index (χ3v) is 6.43. The van der Waals surface area contributed by atoms with Crippen molar-refractivity contribution in [3.8, 4) is 22.8 Å². The summed E-state index contributed by atoms with van der Waals surface area (Å²) in [6.07, 6.45) is 1.76. The van der Waals surface area contributed by atoms with E-state index >= 15 is 0 Å². The molecule has 0 fully saturated rings. The number of hydrogen-bond acceptors (Lipinski definition) is 4. The number of ether oxygens (including phenoxy) is 2. The van der Waals surface area contributed by atoms with Gasteiger partial charge in [0.15, 0.2) is 0 Å². The first-order valence-corrected chi connectivity index (χ1v) is 12.3. The van der Waals surface area contributed by atoms with Crippen LogP contribution in [0.25, 0.3) is 22.3 Å². The van der Waals surface area contributed by atoms with Crippen molar-refractivity contribution in [2.75, 3.05) is 33.4 Å². The van der Waals surface area contributed by atoms with E-state index in [1.54, 1.807) is 7.11 Å². The van der Waals surface area contributed by atoms with E-state index in [0.717, 1.165) is 78.4 Å². The summed E-state index contributed by atoms with van der Waals surface area (Å²) < 4.78 is 17.6. The first-order valence-electron chi connectivity index (χ1n) is 11.9. The fraction of sp³-hybridized carbons (Fsp3) is 0.310. The number of halogens is 1. The predicted molar refractivity (Wildman–Crippen MR) is 140 cm³/mol. The molecule has 0 atom stereocenters. The highest BCUT2D eigenvalue weighted by atomic mass is 35.5. The monoisotopic (exact) mass is 477 g/mol. The van der Waals surface area contributed by atoms with Crippen molar-refractivity contribution in [3.63, 3.8) is 0 Å². The van der Waals surface area contributed by atoms with E-state index in [2.05, 4.69) is 43.0 Å². The molecule has 0 aliphatic rings. The van der Waals surface area contributed by atoms with Crippen LogP contribution in [0.3, 0.4) is 0 Å². The average molecular weight is 478 g/mol. The molecule has 1 aromatic heterocycles. The summed E-state index contributed by atoms with van der Waals surface area (Å²) in [5, 5.41) is 1.74. The summed E-state index contributed by atoms with van der Waals surface area (Å²) in [5.74, 6) is 2.58. The Morgan fingerprint density at radius 1 is 0.882 bits per heavy atom. The lowest BCUT2D eigenvalue weighted by Crippen LogP contribution is -2.25. The third-order valence-electron chi connectivity index (χ3n) is 6.19. The number of benzene rings is 3. The lowest BCUT2D eigenvalue weighted by Gasteiger charge is -2.17. The Balaban J connectivity index is 1.52. The first kappa shape index (κ1) is 24.2. The second kappa shape index (κ2) is 11.5. The quantitative estimate of drug-likeness (QED) is 0.210. The maximum atomic E-state index is 6.33. The first-order chi connectivity index (χ1) is 16.6. The van der Waals surface area contributed by atoms with Gasteiger partial charge in [-0.2, -0.15) is 0 Å². The molecule has 178 valence electrons. The van der Waals surface area contributed by atoms with Crippen molar-refractivity contribution < 1.29 is 13.9 Å². The van der Waals surface area contributed by atoms with E-state index in [9.17, 15) is 0 Å². The minimum absolute atomic E-state index is 0.698. The lowest BCUT2D eigenvalue weighted by atomic mass is 9.98. The molecule has 0 spiro atoms. The molecular weight excluding hydrogens is 446 g/mol. The molecule has 0 bridgehead atoms. The molecule has 0 saturated carbocycles. The van der Waals surface area contributed by atoms with Gasteiger partial charge in [0.1, 0.15) is 22.8 Å². The zero-order valence-electron chi connectivity index (χ0n) is 20.1. The number of methoxy groups -OCH3 is 1. The van der Waals surface area contributed by atoms with Gasteiger partial charge in [-0.05, 0) is 79.7 Å². The van der Waals surface area contributed by atoms with Gasteiger partial charge in [0.25, 0.3) is 0 Å². The van der Waals surface area contributed by atoms with Crippen LogP contribution in [-0.2, 0) is 6.42 Å². The van der Waals surface area contributed by atoms with Crippen molar-refractivity contribution in [1.29, 1.82) is 0 Å². The zero-order valence-corrected chi connectivity index (χ0v) is 20.9. The molecule has 0 saturated heterocycles. The van der Waals surface area contributed by atoms with Crippen molar-refractivity contribution in [2.45, 2.75) is 26.7 Å². The molecule has 0 N–H and O–H groups in total. The molecule has 0 aliphatic carbocycles. The molecule has 1 heterocycles. The summed E-state index contributed by atoms with van der Waals surface area (Å²) in [6, 6.07) is 22.1. The standard InChI is InChI=1S/C29H32ClNO3/c1-4-31(5-2)17-6-18-33-25-12-7-21(8-13-25)19-27-26-20-23(30)11-16-28(26)34-29(27)22-9-14-24(32-3)15-10-22/h7-16,20H,4-6,17-19H2,1-3H3. The Morgan fingerprint density at radius 3 is 2.26 bits per heavy atom. The van der Waals surface area contributed by atoms with E-state index < -0.39 is 0 Å². The van der Waals surface area contributed by atoms with E-state index in [1.807, 2.05) is 42.5 Å². The van der Waals surface area contributed by atoms with E-state index in [4.69, 9.17) is 25.5 Å². The molecule has 34 heavy (non-hydrogen) atoms. The van der Waals surface area contributed by atoms with Crippen molar-refractivity contribution >= 4 is 22.6 Å². The summed E-state index contributed by atoms with van der Waals surface area (Å²) >= 11 is 6.33. The largest absolute Gasteiger partial charge is 0.497 e. The van der Waals surface area contributed by atoms with Crippen LogP contribution in [0.4, 0.5) is 0 Å². The molecular formula is C29H32ClNO3. The van der Waals surface area contributed by atoms with Gasteiger partial charge in [-0.1, -0.05) is 37.6 Å². The van der Waals surface area contributed by atoms with Gasteiger partial charge < -0.3 is 18.8 Å². The highest BCUT2D eigenvalue weighted by Crippen LogP contribution is 2.37. The summed E-state index contributed by atoms with van der Waals surface area (Å²) in [6.45, 7) is 8.34. The van der Waals surface area contributed by atoms with Crippen molar-refractivity contribution in [1.82, 2.24) is 4.90 Å². The van der Waals surface area contributed by atoms with Gasteiger partial charge in [-0.15, -0.1) is 0 Å². The Kier molecular flexibility index (Phi) is 8.15. The number of nitrogens with zero attached hydrogens (tertiary/aromatic N) is 1. The van der Waals surface area contributed by atoms with E-state index in [-0.39, 0.29) is 0 Å². The number of fused-ring (bicyclic) bond motifs is 1. The summed E-state index contributed by atoms with van der Waals surface area (Å²) in [7, 11) is 1.67. The normalized spacial score (nSPS) is 11.3. The highest BCUT2D eigenvalue weighted by Gasteiger charge is 2.17. The fourth-order valence-electron chi connectivity index (χ4n) is 4.20. The number of rotatable bonds is 11. The van der Waals surface area contributed by atoms with Crippen LogP contribution in [0.5, 0.6) is 11.5 Å². The third kappa shape index (κ3) is 5.75. The molecule has 4 nitrogen and oxygen atoms in total. The average Bonchev–Trinajstić information content (AvgIpc) is 3.22. The van der Waals surface area contributed by atoms with Crippen LogP contribution < -0.4 is 9.47 Å². The molecule has 4 aromatic rings. The van der Waals surface area contributed by atoms with Crippen LogP contribution in [0.2, 0.25) is 5.02 Å². The topological polar surface area (TPSA) is 34.8 Å². The van der Waals surface area contributed by atoms with Crippen molar-refractivity contribution in [2.24, 2.45) is 0 Å². The fourth-order valence-corrected chi connectivity index (χ4v) is 4.37. The van der Waals surface area contributed by atoms with Gasteiger partial charge in [0.2, 0.25) is 0 Å². The Hall–Kier alpha value is -2.95. The van der Waals surface area contributed by atoms with Gasteiger partial charge >= 0.3 is 0 Å². The number of hydrogen-bond donors (Lipinski definition) is 0. The maximum absolute atomic E-state index is 6.33. The Bertz CT molecular complexity index is 1190. The minimum Gasteiger partial charge on any atom is -0.497 e. The van der Waals surface area contributed by atoms with Crippen LogP contribution in [-0.4, -0.2) is 38.3 Å². The Labute approximate surface area is 207 Å². The predicted octanol–water partition coefficient (Wildman–Crippen LogP) is 7.46. The lowest BCUT2D eigenvalue weighted by molar-refractivity contribution is 0.249. The molecule has 0 amide bonds. The van der Waals surface area contributed by atoms with Gasteiger partial charge in [0.05, 0.1) is 13.7 Å². The van der Waals surface area contributed by atoms with Crippen molar-refractivity contribution in [3.05, 3.63) is 82.9 Å². The molecule has 5 heteroatoms. The smallest absolute Gasteiger partial charge is 0.138 e. The van der Waals surface area contributed by atoms with Gasteiger partial charge in [0, 0.05) is 34.5 Å². The molecule has 3 aromatic carbocycles. The maximum Gasteiger partial charge on any atom is 0.138 e. The molecule has 0 unspecified atom stereocenters. The highest BCUT2D eigenvalue weighted by molar-refractivity contribution is 6.31. The van der Waals surface area contributed by atoms with Crippen LogP contribution in [0.1, 0.15) is 31.4 Å². The Morgan fingerprint density at radius 2 is 1.59 bits per heavy atom. The summed E-state index contributed by atoms with van der Waals surface area (Å²) in [4.78, 5) is 2.41. The second-order valence-corrected chi connectivity index (χ2v) is 8.76. The zero-order chi connectivity index (χ0) is 23.9. The van der Waals surface area contributed by atoms with E-state index in [1.165, 1.54) is 5.56 Å². The van der Waals surface area contributed by atoms with Crippen LogP contribution >= 0.6 is 11.6 Å².